The third kappa shape index (κ3) is 3.42. The number of carbonyl (C=O) groups is 2. The molecule has 0 radical (unpaired) electrons. The van der Waals surface area contributed by atoms with Crippen molar-refractivity contribution >= 4 is 23.3 Å². The molecule has 1 aromatic rings. The standard InChI is InChI=1S/C17H20N2O4/c1-22-12-6-5-11(9-12)13-7-8-14(18-15(13)17(21)23-2)19-16(20)10-3-4-10/h7-10,12H,3-6H2,1-2H3,(H,18,19,20). The van der Waals surface area contributed by atoms with Gasteiger partial charge in [0.15, 0.2) is 5.69 Å². The van der Waals surface area contributed by atoms with Crippen molar-refractivity contribution in [3.8, 4) is 0 Å². The van der Waals surface area contributed by atoms with Gasteiger partial charge < -0.3 is 14.8 Å². The summed E-state index contributed by atoms with van der Waals surface area (Å²) in [7, 11) is 2.99. The highest BCUT2D eigenvalue weighted by molar-refractivity contribution is 5.96. The molecule has 1 heterocycles. The Morgan fingerprint density at radius 1 is 1.22 bits per heavy atom. The first-order valence-electron chi connectivity index (χ1n) is 7.76. The van der Waals surface area contributed by atoms with Gasteiger partial charge in [0.2, 0.25) is 5.91 Å². The molecule has 1 atom stereocenters. The maximum Gasteiger partial charge on any atom is 0.357 e. The molecule has 1 amide bonds. The Hall–Kier alpha value is -2.21. The topological polar surface area (TPSA) is 77.5 Å². The molecule has 1 unspecified atom stereocenters. The molecule has 1 saturated carbocycles. The third-order valence-electron chi connectivity index (χ3n) is 4.21. The van der Waals surface area contributed by atoms with E-state index in [2.05, 4.69) is 10.3 Å². The summed E-state index contributed by atoms with van der Waals surface area (Å²) in [5.74, 6) is -0.0872. The summed E-state index contributed by atoms with van der Waals surface area (Å²) in [4.78, 5) is 28.2. The average Bonchev–Trinajstić information content (AvgIpc) is 3.32. The molecule has 0 bridgehead atoms. The highest BCUT2D eigenvalue weighted by Crippen LogP contribution is 2.33. The summed E-state index contributed by atoms with van der Waals surface area (Å²) in [6.45, 7) is 0. The first-order chi connectivity index (χ1) is 11.1. The molecule has 0 aromatic carbocycles. The lowest BCUT2D eigenvalue weighted by Crippen LogP contribution is -2.16. The fourth-order valence-electron chi connectivity index (χ4n) is 2.71. The molecule has 2 aliphatic carbocycles. The Balaban J connectivity index is 1.89. The van der Waals surface area contributed by atoms with Crippen LogP contribution in [0.1, 0.15) is 41.7 Å². The second kappa shape index (κ2) is 6.50. The molecule has 1 N–H and O–H groups in total. The van der Waals surface area contributed by atoms with Crippen LogP contribution in [0.3, 0.4) is 0 Å². The summed E-state index contributed by atoms with van der Waals surface area (Å²) in [6.07, 6.45) is 5.60. The third-order valence-corrected chi connectivity index (χ3v) is 4.21. The number of hydrogen-bond donors (Lipinski definition) is 1. The molecule has 0 saturated heterocycles. The van der Waals surface area contributed by atoms with Crippen molar-refractivity contribution in [2.24, 2.45) is 5.92 Å². The van der Waals surface area contributed by atoms with Gasteiger partial charge in [0, 0.05) is 18.6 Å². The summed E-state index contributed by atoms with van der Waals surface area (Å²) >= 11 is 0. The van der Waals surface area contributed by atoms with E-state index < -0.39 is 5.97 Å². The molecule has 6 heteroatoms. The molecule has 2 aliphatic rings. The van der Waals surface area contributed by atoms with Gasteiger partial charge in [-0.1, -0.05) is 6.08 Å². The molecule has 3 rings (SSSR count). The highest BCUT2D eigenvalue weighted by Gasteiger charge is 2.30. The fourth-order valence-corrected chi connectivity index (χ4v) is 2.71. The van der Waals surface area contributed by atoms with E-state index in [0.717, 1.165) is 36.8 Å². The van der Waals surface area contributed by atoms with Crippen LogP contribution in [0, 0.1) is 5.92 Å². The smallest absolute Gasteiger partial charge is 0.357 e. The summed E-state index contributed by atoms with van der Waals surface area (Å²) in [5.41, 5.74) is 1.98. The maximum absolute atomic E-state index is 12.1. The monoisotopic (exact) mass is 316 g/mol. The van der Waals surface area contributed by atoms with E-state index in [4.69, 9.17) is 9.47 Å². The Morgan fingerprint density at radius 2 is 2.00 bits per heavy atom. The number of nitrogens with zero attached hydrogens (tertiary/aromatic N) is 1. The number of pyridine rings is 1. The SMILES string of the molecule is COC(=O)c1nc(NC(=O)C2CC2)ccc1C1=CC(OC)CC1. The quantitative estimate of drug-likeness (QED) is 0.844. The predicted octanol–water partition coefficient (Wildman–Crippen LogP) is 2.41. The van der Waals surface area contributed by atoms with Gasteiger partial charge in [0.1, 0.15) is 5.82 Å². The zero-order valence-electron chi connectivity index (χ0n) is 13.3. The summed E-state index contributed by atoms with van der Waals surface area (Å²) in [6, 6.07) is 3.54. The Bertz CT molecular complexity index is 665. The van der Waals surface area contributed by atoms with Crippen LogP contribution in [0.2, 0.25) is 0 Å². The number of nitrogens with one attached hydrogen (secondary N) is 1. The molecule has 1 aromatic heterocycles. The summed E-state index contributed by atoms with van der Waals surface area (Å²) in [5, 5.41) is 2.76. The predicted molar refractivity (Wildman–Crippen MR) is 84.9 cm³/mol. The molecule has 1 fully saturated rings. The van der Waals surface area contributed by atoms with Crippen LogP contribution in [-0.4, -0.2) is 37.2 Å². The largest absolute Gasteiger partial charge is 0.464 e. The second-order valence-corrected chi connectivity index (χ2v) is 5.85. The van der Waals surface area contributed by atoms with Gasteiger partial charge in [-0.3, -0.25) is 4.79 Å². The van der Waals surface area contributed by atoms with Gasteiger partial charge in [-0.25, -0.2) is 9.78 Å². The van der Waals surface area contributed by atoms with Crippen LogP contribution in [-0.2, 0) is 14.3 Å². The van der Waals surface area contributed by atoms with E-state index in [9.17, 15) is 9.59 Å². The highest BCUT2D eigenvalue weighted by atomic mass is 16.5. The Kier molecular flexibility index (Phi) is 4.43. The molecular weight excluding hydrogens is 296 g/mol. The van der Waals surface area contributed by atoms with E-state index >= 15 is 0 Å². The van der Waals surface area contributed by atoms with Crippen molar-refractivity contribution in [2.45, 2.75) is 31.8 Å². The number of ether oxygens (including phenoxy) is 2. The van der Waals surface area contributed by atoms with Crippen LogP contribution >= 0.6 is 0 Å². The molecule has 0 spiro atoms. The van der Waals surface area contributed by atoms with Gasteiger partial charge in [0.25, 0.3) is 0 Å². The number of esters is 1. The van der Waals surface area contributed by atoms with Crippen LogP contribution < -0.4 is 5.32 Å². The first kappa shape index (κ1) is 15.7. The minimum Gasteiger partial charge on any atom is -0.464 e. The molecule has 23 heavy (non-hydrogen) atoms. The lowest BCUT2D eigenvalue weighted by Gasteiger charge is -2.11. The normalized spacial score (nSPS) is 20.1. The van der Waals surface area contributed by atoms with Crippen LogP contribution in [0.15, 0.2) is 18.2 Å². The molecular formula is C17H20N2O4. The number of carbonyl (C=O) groups excluding carboxylic acids is 2. The number of hydrogen-bond acceptors (Lipinski definition) is 5. The average molecular weight is 316 g/mol. The van der Waals surface area contributed by atoms with E-state index in [1.54, 1.807) is 13.2 Å². The van der Waals surface area contributed by atoms with Gasteiger partial charge >= 0.3 is 5.97 Å². The van der Waals surface area contributed by atoms with Crippen LogP contribution in [0.4, 0.5) is 5.82 Å². The van der Waals surface area contributed by atoms with Crippen molar-refractivity contribution in [2.75, 3.05) is 19.5 Å². The van der Waals surface area contributed by atoms with E-state index in [-0.39, 0.29) is 23.6 Å². The zero-order chi connectivity index (χ0) is 16.4. The molecule has 0 aliphatic heterocycles. The number of methoxy groups -OCH3 is 2. The van der Waals surface area contributed by atoms with Crippen molar-refractivity contribution in [1.29, 1.82) is 0 Å². The van der Waals surface area contributed by atoms with Crippen LogP contribution in [0.25, 0.3) is 5.57 Å². The first-order valence-corrected chi connectivity index (χ1v) is 7.76. The zero-order valence-corrected chi connectivity index (χ0v) is 13.3. The number of amides is 1. The van der Waals surface area contributed by atoms with E-state index in [1.165, 1.54) is 7.11 Å². The lowest BCUT2D eigenvalue weighted by molar-refractivity contribution is -0.117. The van der Waals surface area contributed by atoms with Gasteiger partial charge in [-0.15, -0.1) is 0 Å². The number of aromatic nitrogens is 1. The number of anilines is 1. The van der Waals surface area contributed by atoms with Crippen molar-refractivity contribution in [3.63, 3.8) is 0 Å². The molecule has 122 valence electrons. The number of allylic oxidation sites excluding steroid dienone is 1. The van der Waals surface area contributed by atoms with E-state index in [0.29, 0.717) is 5.82 Å². The van der Waals surface area contributed by atoms with Gasteiger partial charge in [0.05, 0.1) is 13.2 Å². The second-order valence-electron chi connectivity index (χ2n) is 5.85. The van der Waals surface area contributed by atoms with Crippen LogP contribution in [0.5, 0.6) is 0 Å². The molecule has 6 nitrogen and oxygen atoms in total. The summed E-state index contributed by atoms with van der Waals surface area (Å²) < 4.78 is 10.2. The van der Waals surface area contributed by atoms with E-state index in [1.807, 2.05) is 12.1 Å². The van der Waals surface area contributed by atoms with Gasteiger partial charge in [-0.2, -0.15) is 0 Å². The Morgan fingerprint density at radius 3 is 2.61 bits per heavy atom. The number of rotatable bonds is 5. The lowest BCUT2D eigenvalue weighted by atomic mass is 10.0. The van der Waals surface area contributed by atoms with Crippen molar-refractivity contribution < 1.29 is 19.1 Å². The van der Waals surface area contributed by atoms with Crippen molar-refractivity contribution in [3.05, 3.63) is 29.5 Å². The van der Waals surface area contributed by atoms with Gasteiger partial charge in [-0.05, 0) is 43.4 Å². The minimum absolute atomic E-state index is 0.0411. The van der Waals surface area contributed by atoms with Crippen molar-refractivity contribution in [1.82, 2.24) is 4.98 Å². The maximum atomic E-state index is 12.1. The Labute approximate surface area is 134 Å². The fraction of sp³-hybridized carbons (Fsp3) is 0.471. The minimum atomic E-state index is -0.510.